The second kappa shape index (κ2) is 10.7. The number of aryl methyl sites for hydroxylation is 1. The lowest BCUT2D eigenvalue weighted by Crippen LogP contribution is -2.08. The van der Waals surface area contributed by atoms with Crippen LogP contribution in [0, 0.1) is 0 Å². The first kappa shape index (κ1) is 17.0. The van der Waals surface area contributed by atoms with Gasteiger partial charge in [0.2, 0.25) is 0 Å². The van der Waals surface area contributed by atoms with Gasteiger partial charge in [-0.2, -0.15) is 0 Å². The predicted octanol–water partition coefficient (Wildman–Crippen LogP) is 3.02. The van der Waals surface area contributed by atoms with Crippen molar-refractivity contribution in [1.29, 1.82) is 0 Å². The lowest BCUT2D eigenvalue weighted by Gasteiger charge is -2.01. The summed E-state index contributed by atoms with van der Waals surface area (Å²) in [7, 11) is 1.99. The molecule has 0 saturated carbocycles. The van der Waals surface area contributed by atoms with E-state index in [2.05, 4.69) is 40.6 Å². The van der Waals surface area contributed by atoms with Crippen molar-refractivity contribution in [2.24, 2.45) is 0 Å². The minimum absolute atomic E-state index is 0.0874. The molecule has 1 aromatic carbocycles. The summed E-state index contributed by atoms with van der Waals surface area (Å²) in [6.07, 6.45) is 3.98. The highest BCUT2D eigenvalue weighted by molar-refractivity contribution is 5.30. The molecule has 114 valence electrons. The third kappa shape index (κ3) is 7.32. The predicted molar refractivity (Wildman–Crippen MR) is 85.8 cm³/mol. The van der Waals surface area contributed by atoms with Crippen molar-refractivity contribution in [3.05, 3.63) is 54.2 Å². The molecule has 1 aromatic heterocycles. The number of nitrogens with one attached hydrogen (secondary N) is 1. The van der Waals surface area contributed by atoms with Gasteiger partial charge in [-0.3, -0.25) is 0 Å². The fourth-order valence-electron chi connectivity index (χ4n) is 1.74. The summed E-state index contributed by atoms with van der Waals surface area (Å²) in [5.41, 5.74) is 1.43. The summed E-state index contributed by atoms with van der Waals surface area (Å²) in [4.78, 5) is 3.80. The van der Waals surface area contributed by atoms with Crippen LogP contribution < -0.4 is 10.1 Å². The summed E-state index contributed by atoms with van der Waals surface area (Å²) in [6, 6.07) is 13.8. The van der Waals surface area contributed by atoms with Crippen molar-refractivity contribution >= 4 is 0 Å². The third-order valence-corrected chi connectivity index (χ3v) is 2.77. The third-order valence-electron chi connectivity index (χ3n) is 2.77. The monoisotopic (exact) mass is 288 g/mol. The second-order valence-corrected chi connectivity index (χ2v) is 4.45. The standard InChI is InChI=1S/C10H15N.C7H9NO2/c1-11-9-5-8-10-6-3-2-4-7-10;1-2-10-7-6(9)4-3-5-8-7/h2-4,6-7,11H,5,8-9H2,1H3;3-5,9H,2H2,1H3. The smallest absolute Gasteiger partial charge is 0.256 e. The first-order valence-electron chi connectivity index (χ1n) is 7.23. The largest absolute Gasteiger partial charge is 0.503 e. The molecule has 2 rings (SSSR count). The van der Waals surface area contributed by atoms with Crippen LogP contribution in [0.25, 0.3) is 0 Å². The van der Waals surface area contributed by atoms with E-state index in [-0.39, 0.29) is 5.75 Å². The Labute approximate surface area is 126 Å². The molecule has 1 heterocycles. The number of aromatic nitrogens is 1. The molecule has 0 saturated heterocycles. The van der Waals surface area contributed by atoms with E-state index in [1.54, 1.807) is 12.3 Å². The maximum Gasteiger partial charge on any atom is 0.256 e. The number of aromatic hydroxyl groups is 1. The van der Waals surface area contributed by atoms with E-state index in [0.29, 0.717) is 12.5 Å². The van der Waals surface area contributed by atoms with Crippen molar-refractivity contribution in [3.8, 4) is 11.6 Å². The molecule has 21 heavy (non-hydrogen) atoms. The molecule has 0 fully saturated rings. The van der Waals surface area contributed by atoms with Crippen LogP contribution in [0.15, 0.2) is 48.7 Å². The van der Waals surface area contributed by atoms with Gasteiger partial charge in [-0.1, -0.05) is 30.3 Å². The molecule has 0 aliphatic rings. The number of hydrogen-bond acceptors (Lipinski definition) is 4. The zero-order chi connectivity index (χ0) is 15.3. The summed E-state index contributed by atoms with van der Waals surface area (Å²) < 4.78 is 4.98. The van der Waals surface area contributed by atoms with Crippen LogP contribution in [0.5, 0.6) is 11.6 Å². The zero-order valence-corrected chi connectivity index (χ0v) is 12.7. The fraction of sp³-hybridized carbons (Fsp3) is 0.353. The van der Waals surface area contributed by atoms with Gasteiger partial charge in [0.25, 0.3) is 5.88 Å². The molecule has 0 amide bonds. The summed E-state index contributed by atoms with van der Waals surface area (Å²) in [5, 5.41) is 12.2. The molecule has 0 unspecified atom stereocenters. The van der Waals surface area contributed by atoms with E-state index < -0.39 is 0 Å². The maximum atomic E-state index is 9.05. The first-order valence-corrected chi connectivity index (χ1v) is 7.23. The highest BCUT2D eigenvalue weighted by Crippen LogP contribution is 2.20. The fourth-order valence-corrected chi connectivity index (χ4v) is 1.74. The number of pyridine rings is 1. The summed E-state index contributed by atoms with van der Waals surface area (Å²) >= 11 is 0. The van der Waals surface area contributed by atoms with Crippen LogP contribution in [0.3, 0.4) is 0 Å². The van der Waals surface area contributed by atoms with E-state index in [1.807, 2.05) is 14.0 Å². The lowest BCUT2D eigenvalue weighted by atomic mass is 10.1. The minimum Gasteiger partial charge on any atom is -0.503 e. The highest BCUT2D eigenvalue weighted by Gasteiger charge is 1.98. The molecule has 2 N–H and O–H groups in total. The Hall–Kier alpha value is -2.07. The Morgan fingerprint density at radius 1 is 1.14 bits per heavy atom. The van der Waals surface area contributed by atoms with Crippen molar-refractivity contribution in [2.45, 2.75) is 19.8 Å². The van der Waals surface area contributed by atoms with E-state index in [9.17, 15) is 0 Å². The number of ether oxygens (including phenoxy) is 1. The van der Waals surface area contributed by atoms with E-state index in [1.165, 1.54) is 24.5 Å². The molecule has 0 atom stereocenters. The normalized spacial score (nSPS) is 9.62. The van der Waals surface area contributed by atoms with Gasteiger partial charge in [-0.15, -0.1) is 0 Å². The first-order chi connectivity index (χ1) is 10.3. The van der Waals surface area contributed by atoms with Gasteiger partial charge >= 0.3 is 0 Å². The second-order valence-electron chi connectivity index (χ2n) is 4.45. The van der Waals surface area contributed by atoms with Crippen molar-refractivity contribution in [1.82, 2.24) is 10.3 Å². The average molecular weight is 288 g/mol. The van der Waals surface area contributed by atoms with Gasteiger partial charge in [-0.25, -0.2) is 4.98 Å². The summed E-state index contributed by atoms with van der Waals surface area (Å²) in [5.74, 6) is 0.384. The summed E-state index contributed by atoms with van der Waals surface area (Å²) in [6.45, 7) is 3.47. The topological polar surface area (TPSA) is 54.4 Å². The number of benzene rings is 1. The van der Waals surface area contributed by atoms with E-state index >= 15 is 0 Å². The maximum absolute atomic E-state index is 9.05. The van der Waals surface area contributed by atoms with Gasteiger partial charge in [0, 0.05) is 6.20 Å². The Morgan fingerprint density at radius 3 is 2.52 bits per heavy atom. The molecule has 0 aliphatic heterocycles. The van der Waals surface area contributed by atoms with Crippen LogP contribution in [-0.4, -0.2) is 30.3 Å². The Balaban J connectivity index is 0.000000211. The van der Waals surface area contributed by atoms with Crippen LogP contribution >= 0.6 is 0 Å². The highest BCUT2D eigenvalue weighted by atomic mass is 16.5. The van der Waals surface area contributed by atoms with Gasteiger partial charge in [0.15, 0.2) is 5.75 Å². The van der Waals surface area contributed by atoms with Crippen LogP contribution in [0.4, 0.5) is 0 Å². The molecular formula is C17H24N2O2. The van der Waals surface area contributed by atoms with Crippen molar-refractivity contribution in [2.75, 3.05) is 20.2 Å². The number of hydrogen-bond donors (Lipinski definition) is 2. The van der Waals surface area contributed by atoms with Gasteiger partial charge in [-0.05, 0) is 51.1 Å². The SMILES string of the molecule is CCOc1ncccc1O.CNCCCc1ccccc1. The Kier molecular flexibility index (Phi) is 8.64. The van der Waals surface area contributed by atoms with Crippen molar-refractivity contribution in [3.63, 3.8) is 0 Å². The number of rotatable bonds is 6. The molecule has 4 heteroatoms. The zero-order valence-electron chi connectivity index (χ0n) is 12.7. The van der Waals surface area contributed by atoms with Gasteiger partial charge < -0.3 is 15.2 Å². The Bertz CT molecular complexity index is 489. The van der Waals surface area contributed by atoms with Crippen molar-refractivity contribution < 1.29 is 9.84 Å². The van der Waals surface area contributed by atoms with E-state index in [0.717, 1.165) is 6.54 Å². The minimum atomic E-state index is 0.0874. The van der Waals surface area contributed by atoms with E-state index in [4.69, 9.17) is 9.84 Å². The molecule has 2 aromatic rings. The Morgan fingerprint density at radius 2 is 1.90 bits per heavy atom. The molecule has 0 aliphatic carbocycles. The molecule has 0 bridgehead atoms. The molecule has 4 nitrogen and oxygen atoms in total. The van der Waals surface area contributed by atoms with Crippen LogP contribution in [-0.2, 0) is 6.42 Å². The average Bonchev–Trinajstić information content (AvgIpc) is 2.52. The quantitative estimate of drug-likeness (QED) is 0.802. The van der Waals surface area contributed by atoms with Gasteiger partial charge in [0.1, 0.15) is 0 Å². The van der Waals surface area contributed by atoms with Gasteiger partial charge in [0.05, 0.1) is 6.61 Å². The molecule has 0 radical (unpaired) electrons. The lowest BCUT2D eigenvalue weighted by molar-refractivity contribution is 0.305. The number of nitrogens with zero attached hydrogens (tertiary/aromatic N) is 1. The van der Waals surface area contributed by atoms with Crippen LogP contribution in [0.1, 0.15) is 18.9 Å². The van der Waals surface area contributed by atoms with Crippen LogP contribution in [0.2, 0.25) is 0 Å². The molecule has 0 spiro atoms. The molecular weight excluding hydrogens is 264 g/mol.